The number of carbonyl (C=O) groups excluding carboxylic acids is 3. The maximum atomic E-state index is 13.7. The first-order valence-corrected chi connectivity index (χ1v) is 9.01. The van der Waals surface area contributed by atoms with Crippen LogP contribution in [0.25, 0.3) is 0 Å². The van der Waals surface area contributed by atoms with E-state index < -0.39 is 11.8 Å². The summed E-state index contributed by atoms with van der Waals surface area (Å²) >= 11 is 0. The second-order valence-corrected chi connectivity index (χ2v) is 6.87. The predicted molar refractivity (Wildman–Crippen MR) is 95.7 cm³/mol. The van der Waals surface area contributed by atoms with E-state index in [0.717, 1.165) is 25.7 Å². The lowest BCUT2D eigenvalue weighted by molar-refractivity contribution is -0.122. The molecule has 0 N–H and O–H groups in total. The average Bonchev–Trinajstić information content (AvgIpc) is 2.94. The Morgan fingerprint density at radius 1 is 0.926 bits per heavy atom. The van der Waals surface area contributed by atoms with Crippen LogP contribution in [0.4, 0.5) is 10.1 Å². The highest BCUT2D eigenvalue weighted by molar-refractivity contribution is 6.22. The zero-order valence-corrected chi connectivity index (χ0v) is 14.6. The van der Waals surface area contributed by atoms with Crippen LogP contribution in [-0.2, 0) is 9.59 Å². The van der Waals surface area contributed by atoms with Gasteiger partial charge in [-0.05, 0) is 49.2 Å². The van der Waals surface area contributed by atoms with Crippen LogP contribution in [-0.4, -0.2) is 17.8 Å². The van der Waals surface area contributed by atoms with E-state index in [2.05, 4.69) is 0 Å². The van der Waals surface area contributed by atoms with Gasteiger partial charge < -0.3 is 4.74 Å². The molecule has 2 atom stereocenters. The normalized spacial score (nSPS) is 21.9. The van der Waals surface area contributed by atoms with Crippen molar-refractivity contribution in [3.63, 3.8) is 0 Å². The number of hydrogen-bond acceptors (Lipinski definition) is 4. The fourth-order valence-corrected chi connectivity index (χ4v) is 3.87. The minimum atomic E-state index is -0.805. The number of anilines is 1. The number of carbonyl (C=O) groups is 3. The molecular weight excluding hydrogens is 349 g/mol. The quantitative estimate of drug-likeness (QED) is 0.471. The van der Waals surface area contributed by atoms with Gasteiger partial charge in [-0.1, -0.05) is 25.0 Å². The maximum absolute atomic E-state index is 13.7. The molecule has 2 aromatic carbocycles. The molecule has 6 heteroatoms. The molecule has 2 aliphatic rings. The molecule has 0 bridgehead atoms. The van der Waals surface area contributed by atoms with Crippen LogP contribution in [0.3, 0.4) is 0 Å². The Hall–Kier alpha value is -3.02. The summed E-state index contributed by atoms with van der Waals surface area (Å²) in [6.45, 7) is 0. The highest BCUT2D eigenvalue weighted by Crippen LogP contribution is 2.40. The summed E-state index contributed by atoms with van der Waals surface area (Å²) in [5, 5.41) is 0. The van der Waals surface area contributed by atoms with Gasteiger partial charge in [0.25, 0.3) is 0 Å². The molecule has 4 rings (SSSR count). The van der Waals surface area contributed by atoms with E-state index in [-0.39, 0.29) is 35.0 Å². The SMILES string of the molecule is O=C(Oc1ccc(N2C(=O)[C@@H]3CCCC[C@H]3C2=O)cc1)c1ccccc1F. The van der Waals surface area contributed by atoms with E-state index in [1.807, 2.05) is 0 Å². The number of rotatable bonds is 3. The number of benzene rings is 2. The summed E-state index contributed by atoms with van der Waals surface area (Å²) in [4.78, 5) is 38.5. The summed E-state index contributed by atoms with van der Waals surface area (Å²) in [5.74, 6) is -1.99. The topological polar surface area (TPSA) is 63.7 Å². The van der Waals surface area contributed by atoms with Crippen LogP contribution in [0.15, 0.2) is 48.5 Å². The molecule has 1 aliphatic carbocycles. The lowest BCUT2D eigenvalue weighted by atomic mass is 9.81. The molecule has 1 aliphatic heterocycles. The smallest absolute Gasteiger partial charge is 0.346 e. The summed E-state index contributed by atoms with van der Waals surface area (Å²) in [6, 6.07) is 11.7. The lowest BCUT2D eigenvalue weighted by Crippen LogP contribution is -2.30. The molecule has 0 spiro atoms. The Morgan fingerprint density at radius 2 is 1.52 bits per heavy atom. The first kappa shape index (κ1) is 17.4. The molecule has 1 heterocycles. The standard InChI is InChI=1S/C21H18FNO4/c22-18-8-4-3-7-17(18)21(26)27-14-11-9-13(10-12-14)23-19(24)15-5-1-2-6-16(15)20(23)25/h3-4,7-12,15-16H,1-2,5-6H2/t15-,16-/m1/s1. The lowest BCUT2D eigenvalue weighted by Gasteiger charge is -2.19. The average molecular weight is 367 g/mol. The van der Waals surface area contributed by atoms with Crippen LogP contribution in [0.5, 0.6) is 5.75 Å². The third-order valence-corrected chi connectivity index (χ3v) is 5.24. The highest BCUT2D eigenvalue weighted by Gasteiger charge is 2.48. The second kappa shape index (κ2) is 6.95. The Balaban J connectivity index is 1.51. The van der Waals surface area contributed by atoms with Crippen molar-refractivity contribution in [2.24, 2.45) is 11.8 Å². The molecule has 2 aromatic rings. The molecule has 2 fully saturated rings. The molecule has 1 saturated heterocycles. The largest absolute Gasteiger partial charge is 0.423 e. The van der Waals surface area contributed by atoms with E-state index >= 15 is 0 Å². The van der Waals surface area contributed by atoms with E-state index in [4.69, 9.17) is 4.74 Å². The zero-order valence-electron chi connectivity index (χ0n) is 14.6. The predicted octanol–water partition coefficient (Wildman–Crippen LogP) is 3.72. The summed E-state index contributed by atoms with van der Waals surface area (Å²) in [7, 11) is 0. The van der Waals surface area contributed by atoms with Gasteiger partial charge in [0.15, 0.2) is 0 Å². The Kier molecular flexibility index (Phi) is 4.48. The number of imide groups is 1. The van der Waals surface area contributed by atoms with Crippen molar-refractivity contribution in [1.29, 1.82) is 0 Å². The van der Waals surface area contributed by atoms with Gasteiger partial charge in [-0.25, -0.2) is 9.18 Å². The number of esters is 1. The highest BCUT2D eigenvalue weighted by atomic mass is 19.1. The van der Waals surface area contributed by atoms with Crippen molar-refractivity contribution in [1.82, 2.24) is 0 Å². The number of fused-ring (bicyclic) bond motifs is 1. The van der Waals surface area contributed by atoms with Crippen molar-refractivity contribution in [2.75, 3.05) is 4.90 Å². The Bertz CT molecular complexity index is 885. The van der Waals surface area contributed by atoms with Crippen LogP contribution in [0.1, 0.15) is 36.0 Å². The molecule has 27 heavy (non-hydrogen) atoms. The third kappa shape index (κ3) is 3.12. The number of nitrogens with zero attached hydrogens (tertiary/aromatic N) is 1. The number of hydrogen-bond donors (Lipinski definition) is 0. The molecule has 0 radical (unpaired) electrons. The monoisotopic (exact) mass is 367 g/mol. The van der Waals surface area contributed by atoms with Crippen molar-refractivity contribution in [3.8, 4) is 5.75 Å². The van der Waals surface area contributed by atoms with Crippen molar-refractivity contribution >= 4 is 23.5 Å². The van der Waals surface area contributed by atoms with E-state index in [0.29, 0.717) is 5.69 Å². The van der Waals surface area contributed by atoms with Gasteiger partial charge in [-0.3, -0.25) is 14.5 Å². The first-order chi connectivity index (χ1) is 13.1. The van der Waals surface area contributed by atoms with E-state index in [9.17, 15) is 18.8 Å². The fourth-order valence-electron chi connectivity index (χ4n) is 3.87. The van der Waals surface area contributed by atoms with Gasteiger partial charge in [-0.15, -0.1) is 0 Å². The molecule has 2 amide bonds. The molecule has 1 saturated carbocycles. The molecule has 138 valence electrons. The molecule has 5 nitrogen and oxygen atoms in total. The number of ether oxygens (including phenoxy) is 1. The minimum absolute atomic E-state index is 0.152. The van der Waals surface area contributed by atoms with E-state index in [1.54, 1.807) is 18.2 Å². The Morgan fingerprint density at radius 3 is 2.11 bits per heavy atom. The van der Waals surface area contributed by atoms with Crippen LogP contribution in [0.2, 0.25) is 0 Å². The van der Waals surface area contributed by atoms with Gasteiger partial charge in [0.2, 0.25) is 11.8 Å². The van der Waals surface area contributed by atoms with Gasteiger partial charge in [0.1, 0.15) is 11.6 Å². The molecular formula is C21H18FNO4. The van der Waals surface area contributed by atoms with E-state index in [1.165, 1.54) is 35.2 Å². The Labute approximate surface area is 155 Å². The third-order valence-electron chi connectivity index (χ3n) is 5.24. The van der Waals surface area contributed by atoms with Crippen molar-refractivity contribution < 1.29 is 23.5 Å². The maximum Gasteiger partial charge on any atom is 0.346 e. The van der Waals surface area contributed by atoms with Gasteiger partial charge >= 0.3 is 5.97 Å². The van der Waals surface area contributed by atoms with Crippen LogP contribution in [0, 0.1) is 17.7 Å². The van der Waals surface area contributed by atoms with Gasteiger partial charge in [0.05, 0.1) is 23.1 Å². The van der Waals surface area contributed by atoms with Crippen molar-refractivity contribution in [3.05, 3.63) is 59.9 Å². The second-order valence-electron chi connectivity index (χ2n) is 6.87. The van der Waals surface area contributed by atoms with Crippen LogP contribution < -0.4 is 9.64 Å². The summed E-state index contributed by atoms with van der Waals surface area (Å²) in [6.07, 6.45) is 3.45. The molecule has 0 unspecified atom stereocenters. The van der Waals surface area contributed by atoms with Gasteiger partial charge in [0, 0.05) is 0 Å². The zero-order chi connectivity index (χ0) is 19.0. The summed E-state index contributed by atoms with van der Waals surface area (Å²) in [5.41, 5.74) is 0.306. The molecule has 0 aromatic heterocycles. The fraction of sp³-hybridized carbons (Fsp3) is 0.286. The number of amides is 2. The summed E-state index contributed by atoms with van der Waals surface area (Å²) < 4.78 is 18.8. The van der Waals surface area contributed by atoms with Crippen molar-refractivity contribution in [2.45, 2.75) is 25.7 Å². The number of halogens is 1. The van der Waals surface area contributed by atoms with Gasteiger partial charge in [-0.2, -0.15) is 0 Å². The van der Waals surface area contributed by atoms with Crippen LogP contribution >= 0.6 is 0 Å². The first-order valence-electron chi connectivity index (χ1n) is 9.01. The minimum Gasteiger partial charge on any atom is -0.423 e.